The first-order valence-corrected chi connectivity index (χ1v) is 16.3. The zero-order chi connectivity index (χ0) is 31.9. The zero-order valence-electron chi connectivity index (χ0n) is 25.2. The number of anilines is 1. The monoisotopic (exact) mass is 677 g/mol. The molecule has 1 atom stereocenters. The molecule has 8 nitrogen and oxygen atoms in total. The molecule has 0 aliphatic heterocycles. The molecule has 0 saturated heterocycles. The molecule has 0 spiro atoms. The number of hydrogen-bond acceptors (Lipinski definition) is 5. The average Bonchev–Trinajstić information content (AvgIpc) is 3.02. The zero-order valence-corrected chi connectivity index (χ0v) is 27.6. The predicted molar refractivity (Wildman–Crippen MR) is 176 cm³/mol. The maximum atomic E-state index is 14.4. The highest BCUT2D eigenvalue weighted by Gasteiger charge is 2.34. The Morgan fingerprint density at radius 1 is 0.909 bits per heavy atom. The highest BCUT2D eigenvalue weighted by molar-refractivity contribution is 9.10. The summed E-state index contributed by atoms with van der Waals surface area (Å²) < 4.78 is 35.3. The van der Waals surface area contributed by atoms with Crippen molar-refractivity contribution in [3.05, 3.63) is 124 Å². The quantitative estimate of drug-likeness (QED) is 0.209. The van der Waals surface area contributed by atoms with Gasteiger partial charge in [-0.25, -0.2) is 8.42 Å². The first kappa shape index (κ1) is 32.8. The number of amides is 2. The number of benzene rings is 4. The molecule has 10 heteroatoms. The molecule has 4 aromatic rings. The molecule has 0 fully saturated rings. The van der Waals surface area contributed by atoms with Crippen LogP contribution >= 0.6 is 15.9 Å². The summed E-state index contributed by atoms with van der Waals surface area (Å²) in [4.78, 5) is 29.3. The molecular formula is C34H36BrN3O5S. The number of likely N-dealkylation sites (N-methyl/N-ethyl adjacent to an activating group) is 1. The molecule has 4 rings (SSSR count). The number of methoxy groups -OCH3 is 1. The number of ether oxygens (including phenoxy) is 1. The molecule has 2 amide bonds. The molecule has 4 aromatic carbocycles. The molecule has 230 valence electrons. The van der Waals surface area contributed by atoms with Crippen molar-refractivity contribution >= 4 is 43.5 Å². The third-order valence-electron chi connectivity index (χ3n) is 7.43. The highest BCUT2D eigenvalue weighted by atomic mass is 79.9. The van der Waals surface area contributed by atoms with E-state index in [-0.39, 0.29) is 23.8 Å². The fourth-order valence-corrected chi connectivity index (χ4v) is 7.00. The molecular weight excluding hydrogens is 642 g/mol. The number of carbonyl (C=O) groups excluding carboxylic acids is 2. The lowest BCUT2D eigenvalue weighted by molar-refractivity contribution is -0.139. The van der Waals surface area contributed by atoms with E-state index in [2.05, 4.69) is 21.2 Å². The van der Waals surface area contributed by atoms with Crippen molar-refractivity contribution in [1.29, 1.82) is 0 Å². The molecule has 1 unspecified atom stereocenters. The number of sulfonamides is 1. The fraction of sp³-hybridized carbons (Fsp3) is 0.235. The third kappa shape index (κ3) is 7.67. The van der Waals surface area contributed by atoms with E-state index in [0.717, 1.165) is 26.6 Å². The van der Waals surface area contributed by atoms with Crippen LogP contribution in [0.4, 0.5) is 5.69 Å². The summed E-state index contributed by atoms with van der Waals surface area (Å²) in [6.45, 7) is 3.43. The second-order valence-corrected chi connectivity index (χ2v) is 13.1. The number of rotatable bonds is 12. The highest BCUT2D eigenvalue weighted by Crippen LogP contribution is 2.31. The van der Waals surface area contributed by atoms with Crippen LogP contribution in [-0.2, 0) is 32.6 Å². The lowest BCUT2D eigenvalue weighted by Crippen LogP contribution is -2.53. The van der Waals surface area contributed by atoms with Crippen LogP contribution in [0.25, 0.3) is 0 Å². The van der Waals surface area contributed by atoms with Crippen LogP contribution in [0.5, 0.6) is 5.75 Å². The van der Waals surface area contributed by atoms with Gasteiger partial charge < -0.3 is 15.0 Å². The van der Waals surface area contributed by atoms with E-state index in [9.17, 15) is 18.0 Å². The van der Waals surface area contributed by atoms with Gasteiger partial charge in [0.05, 0.1) is 22.2 Å². The van der Waals surface area contributed by atoms with Gasteiger partial charge in [0.25, 0.3) is 10.0 Å². The standard InChI is InChI=1S/C34H36BrN3O5S/c1-24-14-16-28(17-15-24)38(44(41,42)29-18-19-32(43-4)30(35)21-29)23-33(39)37(22-27-13-9-8-10-25(27)2)31(34(40)36-3)20-26-11-6-5-7-12-26/h5-19,21,31H,20,22-23H2,1-4H3,(H,36,40). The second kappa shape index (κ2) is 14.5. The Hall–Kier alpha value is -4.15. The Morgan fingerprint density at radius 3 is 2.18 bits per heavy atom. The fourth-order valence-electron chi connectivity index (χ4n) is 4.87. The lowest BCUT2D eigenvalue weighted by Gasteiger charge is -2.34. The van der Waals surface area contributed by atoms with Crippen LogP contribution < -0.4 is 14.4 Å². The number of hydrogen-bond donors (Lipinski definition) is 1. The molecule has 44 heavy (non-hydrogen) atoms. The van der Waals surface area contributed by atoms with Crippen molar-refractivity contribution in [1.82, 2.24) is 10.2 Å². The number of aryl methyl sites for hydroxylation is 2. The van der Waals surface area contributed by atoms with E-state index < -0.39 is 28.5 Å². The topological polar surface area (TPSA) is 96.0 Å². The van der Waals surface area contributed by atoms with Crippen LogP contribution in [0.15, 0.2) is 106 Å². The van der Waals surface area contributed by atoms with Gasteiger partial charge in [-0.2, -0.15) is 0 Å². The van der Waals surface area contributed by atoms with E-state index in [0.29, 0.717) is 15.9 Å². The summed E-state index contributed by atoms with van der Waals surface area (Å²) in [6, 6.07) is 27.5. The van der Waals surface area contributed by atoms with Crippen LogP contribution in [0.2, 0.25) is 0 Å². The molecule has 0 radical (unpaired) electrons. The Balaban J connectivity index is 1.80. The van der Waals surface area contributed by atoms with E-state index in [4.69, 9.17) is 4.74 Å². The van der Waals surface area contributed by atoms with Gasteiger partial charge >= 0.3 is 0 Å². The van der Waals surface area contributed by atoms with E-state index in [1.807, 2.05) is 68.4 Å². The molecule has 0 aliphatic rings. The lowest BCUT2D eigenvalue weighted by atomic mass is 10.0. The number of nitrogens with zero attached hydrogens (tertiary/aromatic N) is 2. The van der Waals surface area contributed by atoms with Gasteiger partial charge in [-0.3, -0.25) is 13.9 Å². The van der Waals surface area contributed by atoms with Crippen LogP contribution in [-0.4, -0.2) is 51.9 Å². The number of carbonyl (C=O) groups is 2. The van der Waals surface area contributed by atoms with Crippen molar-refractivity contribution in [3.63, 3.8) is 0 Å². The van der Waals surface area contributed by atoms with Crippen molar-refractivity contribution in [2.75, 3.05) is 25.0 Å². The van der Waals surface area contributed by atoms with E-state index in [1.54, 1.807) is 30.3 Å². The normalized spacial score (nSPS) is 11.8. The second-order valence-electron chi connectivity index (χ2n) is 10.4. The molecule has 0 bridgehead atoms. The van der Waals surface area contributed by atoms with E-state index in [1.165, 1.54) is 31.2 Å². The minimum absolute atomic E-state index is 0.0175. The van der Waals surface area contributed by atoms with Gasteiger partial charge in [0, 0.05) is 20.0 Å². The largest absolute Gasteiger partial charge is 0.496 e. The third-order valence-corrected chi connectivity index (χ3v) is 9.82. The minimum atomic E-state index is -4.23. The minimum Gasteiger partial charge on any atom is -0.496 e. The summed E-state index contributed by atoms with van der Waals surface area (Å²) in [5.74, 6) is -0.394. The van der Waals surface area contributed by atoms with Gasteiger partial charge in [0.1, 0.15) is 18.3 Å². The summed E-state index contributed by atoms with van der Waals surface area (Å²) >= 11 is 3.38. The Labute approximate surface area is 267 Å². The van der Waals surface area contributed by atoms with Crippen LogP contribution in [0.1, 0.15) is 22.3 Å². The smallest absolute Gasteiger partial charge is 0.264 e. The summed E-state index contributed by atoms with van der Waals surface area (Å²) in [6.07, 6.45) is 0.251. The number of nitrogens with one attached hydrogen (secondary N) is 1. The first-order valence-electron chi connectivity index (χ1n) is 14.1. The summed E-state index contributed by atoms with van der Waals surface area (Å²) in [5, 5.41) is 2.70. The van der Waals surface area contributed by atoms with Gasteiger partial charge in [-0.05, 0) is 76.8 Å². The Kier molecular flexibility index (Phi) is 10.8. The Bertz CT molecular complexity index is 1710. The van der Waals surface area contributed by atoms with Gasteiger partial charge in [-0.15, -0.1) is 0 Å². The van der Waals surface area contributed by atoms with Crippen LogP contribution in [0, 0.1) is 13.8 Å². The molecule has 0 aromatic heterocycles. The van der Waals surface area contributed by atoms with Crippen molar-refractivity contribution in [3.8, 4) is 5.75 Å². The predicted octanol–water partition coefficient (Wildman–Crippen LogP) is 5.66. The summed E-state index contributed by atoms with van der Waals surface area (Å²) in [5.41, 5.74) is 3.94. The SMILES string of the molecule is CNC(=O)C(Cc1ccccc1)N(Cc1ccccc1C)C(=O)CN(c1ccc(C)cc1)S(=O)(=O)c1ccc(OC)c(Br)c1. The molecule has 1 N–H and O–H groups in total. The molecule has 0 saturated carbocycles. The Morgan fingerprint density at radius 2 is 1.57 bits per heavy atom. The maximum absolute atomic E-state index is 14.4. The van der Waals surface area contributed by atoms with Crippen LogP contribution in [0.3, 0.4) is 0 Å². The molecule has 0 aliphatic carbocycles. The summed E-state index contributed by atoms with van der Waals surface area (Å²) in [7, 11) is -1.21. The first-order chi connectivity index (χ1) is 21.0. The maximum Gasteiger partial charge on any atom is 0.264 e. The van der Waals surface area contributed by atoms with Crippen molar-refractivity contribution < 1.29 is 22.7 Å². The van der Waals surface area contributed by atoms with Gasteiger partial charge in [-0.1, -0.05) is 72.3 Å². The van der Waals surface area contributed by atoms with Crippen molar-refractivity contribution in [2.24, 2.45) is 0 Å². The van der Waals surface area contributed by atoms with Gasteiger partial charge in [0.15, 0.2) is 0 Å². The molecule has 0 heterocycles. The van der Waals surface area contributed by atoms with Gasteiger partial charge in [0.2, 0.25) is 11.8 Å². The average molecular weight is 679 g/mol. The van der Waals surface area contributed by atoms with E-state index >= 15 is 0 Å². The van der Waals surface area contributed by atoms with Crippen molar-refractivity contribution in [2.45, 2.75) is 37.8 Å². The number of halogens is 1.